The number of hydrogen-bond acceptors (Lipinski definition) is 17. The Hall–Kier alpha value is -7.01. The maximum Gasteiger partial charge on any atom is 0.316 e. The van der Waals surface area contributed by atoms with Crippen LogP contribution in [-0.4, -0.2) is 124 Å². The Labute approximate surface area is 447 Å². The highest BCUT2D eigenvalue weighted by molar-refractivity contribution is 7.90. The summed E-state index contributed by atoms with van der Waals surface area (Å²) in [7, 11) is -1.80. The van der Waals surface area contributed by atoms with E-state index >= 15 is 0 Å². The number of rotatable bonds is 17. The first-order valence-corrected chi connectivity index (χ1v) is 27.8. The maximum atomic E-state index is 14.9. The topological polar surface area (TPSA) is 243 Å². The molecule has 1 amide bonds. The van der Waals surface area contributed by atoms with E-state index in [4.69, 9.17) is 14.2 Å². The normalized spacial score (nSPS) is 21.2. The third kappa shape index (κ3) is 11.5. The molecule has 6 heterocycles. The summed E-state index contributed by atoms with van der Waals surface area (Å²) in [4.78, 5) is 52.6. The van der Waals surface area contributed by atoms with Gasteiger partial charge in [0.1, 0.15) is 22.1 Å². The molecular formula is C55H66FN11O9S. The highest BCUT2D eigenvalue weighted by atomic mass is 32.2. The number of hydrogen-bond donors (Lipinski definition) is 4. The van der Waals surface area contributed by atoms with Crippen LogP contribution in [0.15, 0.2) is 84.1 Å². The number of carbonyl (C=O) groups is 1. The number of H-pyrrole nitrogens is 1. The number of nitrogens with one attached hydrogen (secondary N) is 3. The zero-order chi connectivity index (χ0) is 54.2. The molecule has 0 unspecified atom stereocenters. The summed E-state index contributed by atoms with van der Waals surface area (Å²) in [6.45, 7) is 11.5. The number of pyridine rings is 2. The van der Waals surface area contributed by atoms with E-state index in [9.17, 15) is 32.8 Å². The summed E-state index contributed by atoms with van der Waals surface area (Å²) in [5.74, 6) is -1.42. The molecule has 408 valence electrons. The van der Waals surface area contributed by atoms with Crippen LogP contribution in [0.1, 0.15) is 111 Å². The Morgan fingerprint density at radius 3 is 2.47 bits per heavy atom. The number of methoxy groups -OCH3 is 2. The minimum absolute atomic E-state index is 0.0200. The number of anilines is 2. The summed E-state index contributed by atoms with van der Waals surface area (Å²) in [5, 5.41) is 25.7. The molecular weight excluding hydrogens is 1010 g/mol. The molecule has 2 aliphatic carbocycles. The van der Waals surface area contributed by atoms with Crippen molar-refractivity contribution in [3.63, 3.8) is 0 Å². The lowest BCUT2D eigenvalue weighted by Crippen LogP contribution is -2.60. The molecule has 20 nitrogen and oxygen atoms in total. The highest BCUT2D eigenvalue weighted by Crippen LogP contribution is 2.53. The number of nitrogens with zero attached hydrogens (tertiary/aromatic N) is 8. The number of aromatic amines is 1. The molecule has 77 heavy (non-hydrogen) atoms. The van der Waals surface area contributed by atoms with E-state index in [2.05, 4.69) is 87.8 Å². The molecule has 1 atom stereocenters. The Morgan fingerprint density at radius 1 is 0.974 bits per heavy atom. The Bertz CT molecular complexity index is 3260. The monoisotopic (exact) mass is 1080 g/mol. The van der Waals surface area contributed by atoms with Crippen LogP contribution in [0.5, 0.6) is 23.4 Å². The molecule has 1 spiro atoms. The number of carbonyl (C=O) groups excluding carboxylic acids is 1. The SMILES string of the molecule is COc1nccc(CN2CCN(C3CC4(CCN(c5ccc(C(=O)NS(=O)(=O)c6cnc(NCC7CCC(C)(O)CC7)c([N+](=O)[O-])c6)c(Oc6cc7c(F)c[nH]c7nc6OC)c5)CC4)C3)[C@H](c3ccccc3C(C)C)C2)n1. The lowest BCUT2D eigenvalue weighted by atomic mass is 9.59. The number of halogens is 1. The summed E-state index contributed by atoms with van der Waals surface area (Å²) in [5.41, 5.74) is 3.19. The number of amides is 1. The summed E-state index contributed by atoms with van der Waals surface area (Å²) in [6.07, 6.45) is 10.4. The minimum atomic E-state index is -4.75. The molecule has 0 bridgehead atoms. The third-order valence-corrected chi connectivity index (χ3v) is 17.5. The van der Waals surface area contributed by atoms with Crippen molar-refractivity contribution in [3.05, 3.63) is 118 Å². The first kappa shape index (κ1) is 53.4. The lowest BCUT2D eigenvalue weighted by Gasteiger charge is -2.58. The van der Waals surface area contributed by atoms with Crippen LogP contribution in [0.25, 0.3) is 11.0 Å². The molecule has 4 N–H and O–H groups in total. The van der Waals surface area contributed by atoms with Crippen molar-refractivity contribution in [1.29, 1.82) is 0 Å². The number of benzene rings is 2. The number of aliphatic hydroxyl groups is 1. The number of piperazine rings is 1. The van der Waals surface area contributed by atoms with Crippen LogP contribution in [0.4, 0.5) is 21.6 Å². The van der Waals surface area contributed by atoms with Crippen molar-refractivity contribution in [2.24, 2.45) is 11.3 Å². The highest BCUT2D eigenvalue weighted by Gasteiger charge is 2.50. The molecule has 10 rings (SSSR count). The molecule has 22 heteroatoms. The van der Waals surface area contributed by atoms with Gasteiger partial charge in [-0.1, -0.05) is 38.1 Å². The molecule has 4 fully saturated rings. The molecule has 6 aromatic rings. The average molecular weight is 1080 g/mol. The van der Waals surface area contributed by atoms with Crippen molar-refractivity contribution in [3.8, 4) is 23.4 Å². The lowest BCUT2D eigenvalue weighted by molar-refractivity contribution is -0.384. The van der Waals surface area contributed by atoms with E-state index in [1.165, 1.54) is 30.4 Å². The number of sulfonamides is 1. The first-order valence-electron chi connectivity index (χ1n) is 26.3. The van der Waals surface area contributed by atoms with Crippen molar-refractivity contribution in [1.82, 2.24) is 39.4 Å². The van der Waals surface area contributed by atoms with Gasteiger partial charge in [0, 0.05) is 94.2 Å². The number of ether oxygens (including phenoxy) is 3. The summed E-state index contributed by atoms with van der Waals surface area (Å²) >= 11 is 0. The molecule has 0 radical (unpaired) electrons. The Morgan fingerprint density at radius 2 is 1.74 bits per heavy atom. The predicted molar refractivity (Wildman–Crippen MR) is 286 cm³/mol. The van der Waals surface area contributed by atoms with Crippen molar-refractivity contribution in [2.45, 2.75) is 107 Å². The first-order chi connectivity index (χ1) is 36.9. The quantitative estimate of drug-likeness (QED) is 0.0494. The third-order valence-electron chi connectivity index (χ3n) is 16.2. The number of aromatic nitrogens is 5. The van der Waals surface area contributed by atoms with E-state index in [1.54, 1.807) is 32.4 Å². The van der Waals surface area contributed by atoms with Gasteiger partial charge >= 0.3 is 11.7 Å². The fourth-order valence-corrected chi connectivity index (χ4v) is 12.7. The van der Waals surface area contributed by atoms with Gasteiger partial charge in [0.05, 0.1) is 47.6 Å². The fourth-order valence-electron chi connectivity index (χ4n) is 11.8. The number of fused-ring (bicyclic) bond motifs is 1. The minimum Gasteiger partial charge on any atom is -0.478 e. The van der Waals surface area contributed by atoms with Crippen molar-refractivity contribution >= 4 is 44.2 Å². The van der Waals surface area contributed by atoms with Crippen LogP contribution >= 0.6 is 0 Å². The van der Waals surface area contributed by atoms with E-state index in [0.717, 1.165) is 75.2 Å². The van der Waals surface area contributed by atoms with Gasteiger partial charge in [0.15, 0.2) is 5.75 Å². The second kappa shape index (κ2) is 21.8. The van der Waals surface area contributed by atoms with Crippen molar-refractivity contribution in [2.75, 3.05) is 63.7 Å². The van der Waals surface area contributed by atoms with E-state index in [0.29, 0.717) is 69.8 Å². The van der Waals surface area contributed by atoms with Gasteiger partial charge in [-0.3, -0.25) is 24.7 Å². The van der Waals surface area contributed by atoms with E-state index in [-0.39, 0.29) is 57.2 Å². The molecule has 4 aromatic heterocycles. The molecule has 2 saturated heterocycles. The van der Waals surface area contributed by atoms with Crippen molar-refractivity contribution < 1.29 is 41.8 Å². The number of nitro groups is 1. The maximum absolute atomic E-state index is 14.9. The van der Waals surface area contributed by atoms with E-state index in [1.807, 2.05) is 6.07 Å². The standard InChI is InChI=1S/C55H66FN11O9S/c1-34(2)40-8-6-7-9-41(40)46-33-64(32-36-14-19-57-53(61-36)75-5)22-23-66(46)38-27-55(28-38)17-20-65(21-18-55)37-10-11-42(47(24-37)76-48-26-43-44(56)31-60-49(43)62-52(48)74-4)51(68)63-77(72,73)39-25-45(67(70)71)50(59-30-39)58-29-35-12-15-54(3,69)16-13-35/h6-11,14,19,24-26,30-31,34-35,38,46,69H,12-13,15-18,20-23,27-29,32-33H2,1-5H3,(H,58,59)(H,60,62)(H,63,68)/t35?,46-,54?/m0/s1. The fraction of sp³-hybridized carbons (Fsp3) is 0.473. The van der Waals surface area contributed by atoms with Gasteiger partial charge in [0.2, 0.25) is 5.82 Å². The zero-order valence-electron chi connectivity index (χ0n) is 44.0. The molecule has 2 aliphatic heterocycles. The Balaban J connectivity index is 0.858. The van der Waals surface area contributed by atoms with Crippen LogP contribution in [0.2, 0.25) is 0 Å². The second-order valence-corrected chi connectivity index (χ2v) is 23.4. The second-order valence-electron chi connectivity index (χ2n) is 21.7. The van der Waals surface area contributed by atoms with Crippen LogP contribution in [-0.2, 0) is 16.6 Å². The molecule has 2 aromatic carbocycles. The van der Waals surface area contributed by atoms with Crippen LogP contribution in [0.3, 0.4) is 0 Å². The summed E-state index contributed by atoms with van der Waals surface area (Å²) in [6, 6.07) is 18.8. The predicted octanol–water partition coefficient (Wildman–Crippen LogP) is 8.51. The molecule has 2 saturated carbocycles. The van der Waals surface area contributed by atoms with Gasteiger partial charge < -0.3 is 34.5 Å². The molecule has 4 aliphatic rings. The van der Waals surface area contributed by atoms with Gasteiger partial charge in [0.25, 0.3) is 21.8 Å². The Kier molecular flexibility index (Phi) is 15.1. The van der Waals surface area contributed by atoms with E-state index < -0.39 is 42.9 Å². The zero-order valence-corrected chi connectivity index (χ0v) is 44.8. The number of piperidine rings is 1. The van der Waals surface area contributed by atoms with Gasteiger partial charge in [-0.2, -0.15) is 9.97 Å². The largest absolute Gasteiger partial charge is 0.478 e. The smallest absolute Gasteiger partial charge is 0.316 e. The van der Waals surface area contributed by atoms with Crippen LogP contribution < -0.4 is 29.1 Å². The average Bonchev–Trinajstić information content (AvgIpc) is 3.80. The van der Waals surface area contributed by atoms with Gasteiger partial charge in [-0.25, -0.2) is 27.5 Å². The van der Waals surface area contributed by atoms with Gasteiger partial charge in [-0.15, -0.1) is 0 Å². The van der Waals surface area contributed by atoms with Crippen LogP contribution in [0, 0.1) is 27.3 Å². The summed E-state index contributed by atoms with van der Waals surface area (Å²) < 4.78 is 62.0. The van der Waals surface area contributed by atoms with Gasteiger partial charge in [-0.05, 0) is 105 Å².